The van der Waals surface area contributed by atoms with E-state index in [1.54, 1.807) is 41.3 Å². The smallest absolute Gasteiger partial charge is 0.453 e. The average molecular weight is 911 g/mol. The van der Waals surface area contributed by atoms with Crippen LogP contribution in [0.1, 0.15) is 82.8 Å². The van der Waals surface area contributed by atoms with Crippen molar-refractivity contribution < 1.29 is 46.9 Å². The molecule has 4 heterocycles. The van der Waals surface area contributed by atoms with E-state index < -0.39 is 48.2 Å². The first kappa shape index (κ1) is 47.6. The molecule has 0 bridgehead atoms. The van der Waals surface area contributed by atoms with Gasteiger partial charge in [0.15, 0.2) is 0 Å². The van der Waals surface area contributed by atoms with Gasteiger partial charge in [0.2, 0.25) is 11.8 Å². The van der Waals surface area contributed by atoms with Crippen LogP contribution >= 0.6 is 11.6 Å². The van der Waals surface area contributed by atoms with Crippen molar-refractivity contribution in [3.05, 3.63) is 76.8 Å². The standard InChI is InChI=1S/C45H54ClF3N8O7/c1-24(2)37(54-43(62)63-8)41(60)57-21-25(3)17-34(57)39-51-33(23-58)38(53-39)28-11-9-27(10-12-28)30-18-31(46)32(19-35(30)64-45(47,48)49)52-40(59)29-13-14-36(50-20-29)56-16-15-55(22-26(56)4)42(61)44(5,6)7/h9-14,18-20,24-26,34,37,58H,15-17,21-23H2,1-8H3,(H,51,53)(H,52,59)(H,54,62)/t25-,26+,34-,37-/m0/s1. The first-order chi connectivity index (χ1) is 30.1. The van der Waals surface area contributed by atoms with E-state index in [0.717, 1.165) is 6.07 Å². The van der Waals surface area contributed by atoms with E-state index in [0.29, 0.717) is 66.8 Å². The number of hydrogen-bond donors (Lipinski definition) is 4. The Balaban J connectivity index is 1.20. The summed E-state index contributed by atoms with van der Waals surface area (Å²) in [5, 5.41) is 15.5. The van der Waals surface area contributed by atoms with Crippen LogP contribution in [0.3, 0.4) is 0 Å². The van der Waals surface area contributed by atoms with E-state index in [-0.39, 0.29) is 51.5 Å². The summed E-state index contributed by atoms with van der Waals surface area (Å²) in [6.45, 7) is 14.8. The third kappa shape index (κ3) is 10.7. The number of pyridine rings is 1. The van der Waals surface area contributed by atoms with Gasteiger partial charge in [-0.15, -0.1) is 13.2 Å². The Labute approximate surface area is 374 Å². The number of benzene rings is 2. The van der Waals surface area contributed by atoms with Crippen molar-refractivity contribution in [2.24, 2.45) is 17.3 Å². The molecular formula is C45H54ClF3N8O7. The molecule has 6 rings (SSSR count). The zero-order valence-corrected chi connectivity index (χ0v) is 37.7. The van der Waals surface area contributed by atoms with Crippen molar-refractivity contribution in [3.8, 4) is 28.1 Å². The number of carbonyl (C=O) groups excluding carboxylic acids is 4. The van der Waals surface area contributed by atoms with Gasteiger partial charge >= 0.3 is 12.5 Å². The number of halogens is 4. The number of aliphatic hydroxyl groups is 1. The van der Waals surface area contributed by atoms with Crippen molar-refractivity contribution in [2.75, 3.05) is 43.5 Å². The number of alkyl halides is 3. The Morgan fingerprint density at radius 3 is 2.27 bits per heavy atom. The first-order valence-corrected chi connectivity index (χ1v) is 21.3. The van der Waals surface area contributed by atoms with Gasteiger partial charge < -0.3 is 44.9 Å². The minimum absolute atomic E-state index is 0.0178. The van der Waals surface area contributed by atoms with E-state index >= 15 is 0 Å². The molecule has 2 aliphatic heterocycles. The largest absolute Gasteiger partial charge is 0.573 e. The second-order valence-electron chi connectivity index (χ2n) is 17.7. The maximum atomic E-state index is 13.8. The molecule has 4 N–H and O–H groups in total. The molecule has 2 aromatic heterocycles. The molecule has 4 aromatic rings. The van der Waals surface area contributed by atoms with Crippen molar-refractivity contribution in [3.63, 3.8) is 0 Å². The van der Waals surface area contributed by atoms with Crippen molar-refractivity contribution in [1.29, 1.82) is 0 Å². The van der Waals surface area contributed by atoms with Gasteiger partial charge in [-0.05, 0) is 48.9 Å². The number of carbonyl (C=O) groups is 4. The first-order valence-electron chi connectivity index (χ1n) is 21.0. The quantitative estimate of drug-likeness (QED) is 0.116. The number of H-pyrrole nitrogens is 1. The highest BCUT2D eigenvalue weighted by molar-refractivity contribution is 6.34. The summed E-state index contributed by atoms with van der Waals surface area (Å²) >= 11 is 6.61. The molecule has 2 saturated heterocycles. The molecule has 64 heavy (non-hydrogen) atoms. The van der Waals surface area contributed by atoms with E-state index in [4.69, 9.17) is 21.3 Å². The summed E-state index contributed by atoms with van der Waals surface area (Å²) in [6.07, 6.45) is -3.89. The summed E-state index contributed by atoms with van der Waals surface area (Å²) in [5.41, 5.74) is 1.03. The number of aliphatic hydroxyl groups excluding tert-OH is 1. The fourth-order valence-corrected chi connectivity index (χ4v) is 8.31. The number of ether oxygens (including phenoxy) is 2. The number of alkyl carbamates (subject to hydrolysis) is 1. The van der Waals surface area contributed by atoms with Gasteiger partial charge in [-0.1, -0.05) is 77.4 Å². The van der Waals surface area contributed by atoms with Crippen LogP contribution in [-0.2, 0) is 20.9 Å². The fraction of sp³-hybridized carbons (Fsp3) is 0.467. The van der Waals surface area contributed by atoms with Crippen molar-refractivity contribution in [1.82, 2.24) is 30.1 Å². The van der Waals surface area contributed by atoms with Gasteiger partial charge in [0.05, 0.1) is 47.4 Å². The van der Waals surface area contributed by atoms with Crippen LogP contribution in [0.2, 0.25) is 5.02 Å². The molecule has 0 unspecified atom stereocenters. The zero-order chi connectivity index (χ0) is 46.8. The van der Waals surface area contributed by atoms with Gasteiger partial charge in [-0.3, -0.25) is 14.4 Å². The Bertz CT molecular complexity index is 2350. The molecule has 0 aliphatic carbocycles. The minimum Gasteiger partial charge on any atom is -0.453 e. The van der Waals surface area contributed by atoms with Crippen LogP contribution in [0.4, 0.5) is 29.5 Å². The van der Waals surface area contributed by atoms with Gasteiger partial charge in [0.1, 0.15) is 23.4 Å². The molecule has 0 spiro atoms. The van der Waals surface area contributed by atoms with Gasteiger partial charge in [0, 0.05) is 61.0 Å². The lowest BCUT2D eigenvalue weighted by molar-refractivity contribution is -0.274. The van der Waals surface area contributed by atoms with E-state index in [9.17, 15) is 37.5 Å². The Hall–Kier alpha value is -5.88. The highest BCUT2D eigenvalue weighted by atomic mass is 35.5. The number of rotatable bonds is 11. The predicted octanol–water partition coefficient (Wildman–Crippen LogP) is 7.81. The molecule has 2 fully saturated rings. The monoisotopic (exact) mass is 910 g/mol. The van der Waals surface area contributed by atoms with Crippen LogP contribution < -0.4 is 20.3 Å². The molecule has 0 saturated carbocycles. The van der Waals surface area contributed by atoms with Gasteiger partial charge in [-0.2, -0.15) is 0 Å². The maximum absolute atomic E-state index is 13.8. The van der Waals surface area contributed by atoms with Crippen LogP contribution in [0.25, 0.3) is 22.4 Å². The number of amides is 4. The summed E-state index contributed by atoms with van der Waals surface area (Å²) in [4.78, 5) is 70.0. The van der Waals surface area contributed by atoms with E-state index in [1.165, 1.54) is 19.4 Å². The van der Waals surface area contributed by atoms with Crippen LogP contribution in [0.5, 0.6) is 5.75 Å². The number of aromatic nitrogens is 3. The lowest BCUT2D eigenvalue weighted by Gasteiger charge is -2.42. The van der Waals surface area contributed by atoms with Crippen molar-refractivity contribution in [2.45, 2.75) is 86.0 Å². The fourth-order valence-electron chi connectivity index (χ4n) is 8.10. The summed E-state index contributed by atoms with van der Waals surface area (Å²) in [7, 11) is 1.22. The molecular weight excluding hydrogens is 857 g/mol. The topological polar surface area (TPSA) is 182 Å². The van der Waals surface area contributed by atoms with Crippen LogP contribution in [-0.4, -0.2) is 105 Å². The molecule has 0 radical (unpaired) electrons. The summed E-state index contributed by atoms with van der Waals surface area (Å²) < 4.78 is 50.7. The lowest BCUT2D eigenvalue weighted by atomic mass is 9.94. The van der Waals surface area contributed by atoms with Gasteiger partial charge in [-0.25, -0.2) is 14.8 Å². The third-order valence-corrected chi connectivity index (χ3v) is 11.6. The average Bonchev–Trinajstić information content (AvgIpc) is 3.86. The molecule has 19 heteroatoms. The number of likely N-dealkylation sites (tertiary alicyclic amines) is 1. The Kier molecular flexibility index (Phi) is 14.2. The highest BCUT2D eigenvalue weighted by Crippen LogP contribution is 2.42. The molecule has 4 atom stereocenters. The Morgan fingerprint density at radius 1 is 1.00 bits per heavy atom. The molecule has 2 aromatic carbocycles. The second-order valence-corrected chi connectivity index (χ2v) is 18.1. The number of aromatic amines is 1. The predicted molar refractivity (Wildman–Crippen MR) is 235 cm³/mol. The Morgan fingerprint density at radius 2 is 1.69 bits per heavy atom. The number of methoxy groups -OCH3 is 1. The maximum Gasteiger partial charge on any atom is 0.573 e. The molecule has 344 valence electrons. The molecule has 15 nitrogen and oxygen atoms in total. The minimum atomic E-state index is -5.09. The second kappa shape index (κ2) is 19.1. The molecule has 4 amide bonds. The van der Waals surface area contributed by atoms with Crippen molar-refractivity contribution >= 4 is 46.9 Å². The number of imidazole rings is 1. The molecule has 2 aliphatic rings. The van der Waals surface area contributed by atoms with E-state index in [2.05, 4.69) is 25.3 Å². The summed E-state index contributed by atoms with van der Waals surface area (Å²) in [6, 6.07) is 10.4. The normalized spacial score (nSPS) is 18.5. The summed E-state index contributed by atoms with van der Waals surface area (Å²) in [5.74, 6) is -0.633. The number of nitrogens with zero attached hydrogens (tertiary/aromatic N) is 5. The number of anilines is 2. The zero-order valence-electron chi connectivity index (χ0n) is 37.0. The van der Waals surface area contributed by atoms with Crippen LogP contribution in [0.15, 0.2) is 54.7 Å². The van der Waals surface area contributed by atoms with Gasteiger partial charge in [0.25, 0.3) is 5.91 Å². The van der Waals surface area contributed by atoms with E-state index in [1.807, 2.05) is 58.3 Å². The number of piperazine rings is 1. The highest BCUT2D eigenvalue weighted by Gasteiger charge is 2.41. The SMILES string of the molecule is COC(=O)N[C@H](C(=O)N1C[C@@H](C)C[C@H]1c1nc(-c2ccc(-c3cc(Cl)c(NC(=O)c4ccc(N5CCN(C(=O)C(C)(C)C)C[C@H]5C)nc4)cc3OC(F)(F)F)cc2)c(CO)[nH]1)C(C)C. The lowest BCUT2D eigenvalue weighted by Crippen LogP contribution is -2.56. The van der Waals surface area contributed by atoms with Crippen LogP contribution in [0, 0.1) is 17.3 Å². The number of nitrogens with one attached hydrogen (secondary N) is 3. The third-order valence-electron chi connectivity index (χ3n) is 11.3. The number of hydrogen-bond acceptors (Lipinski definition) is 10.